The first-order chi connectivity index (χ1) is 12.3. The highest BCUT2D eigenvalue weighted by Gasteiger charge is 2.31. The van der Waals surface area contributed by atoms with Crippen LogP contribution in [0.2, 0.25) is 5.02 Å². The van der Waals surface area contributed by atoms with Crippen LogP contribution in [0.3, 0.4) is 0 Å². The number of hydrogen-bond donors (Lipinski definition) is 1. The smallest absolute Gasteiger partial charge is 0.339 e. The number of ether oxygens (including phenoxy) is 1. The summed E-state index contributed by atoms with van der Waals surface area (Å²) >= 11 is 6.01. The average molecular weight is 403 g/mol. The molecule has 1 aliphatic heterocycles. The Balaban J connectivity index is 2.10. The fourth-order valence-electron chi connectivity index (χ4n) is 2.80. The average Bonchev–Trinajstić information content (AvgIpc) is 2.63. The number of amides is 1. The summed E-state index contributed by atoms with van der Waals surface area (Å²) in [5.41, 5.74) is 0.586. The van der Waals surface area contributed by atoms with Gasteiger partial charge in [0.1, 0.15) is 0 Å². The Kier molecular flexibility index (Phi) is 7.02. The fraction of sp³-hybridized carbons (Fsp3) is 0.529. The normalized spacial score (nSPS) is 18.3. The van der Waals surface area contributed by atoms with E-state index in [1.807, 2.05) is 0 Å². The molecule has 0 radical (unpaired) electrons. The SMILES string of the molecule is CCOC(=O)c1cc(NC(=O)[C@H]2CCCN(S(=O)(=O)CC)C2)ccc1Cl. The Morgan fingerprint density at radius 3 is 2.73 bits per heavy atom. The minimum Gasteiger partial charge on any atom is -0.462 e. The highest BCUT2D eigenvalue weighted by Crippen LogP contribution is 2.24. The summed E-state index contributed by atoms with van der Waals surface area (Å²) < 4.78 is 30.4. The molecule has 0 saturated carbocycles. The molecule has 0 unspecified atom stereocenters. The van der Waals surface area contributed by atoms with Gasteiger partial charge in [-0.1, -0.05) is 11.6 Å². The predicted molar refractivity (Wildman–Crippen MR) is 99.8 cm³/mol. The molecule has 0 spiro atoms. The van der Waals surface area contributed by atoms with Gasteiger partial charge in [0.25, 0.3) is 0 Å². The standard InChI is InChI=1S/C17H23ClN2O5S/c1-3-25-17(22)14-10-13(7-8-15(14)18)19-16(21)12-6-5-9-20(11-12)26(23,24)4-2/h7-8,10,12H,3-6,9,11H2,1-2H3,(H,19,21)/t12-/m0/s1. The van der Waals surface area contributed by atoms with E-state index < -0.39 is 21.9 Å². The maximum atomic E-state index is 12.5. The zero-order chi connectivity index (χ0) is 19.3. The quantitative estimate of drug-likeness (QED) is 0.738. The van der Waals surface area contributed by atoms with Crippen LogP contribution in [0.25, 0.3) is 0 Å². The van der Waals surface area contributed by atoms with E-state index in [0.29, 0.717) is 25.1 Å². The summed E-state index contributed by atoms with van der Waals surface area (Å²) in [5, 5.41) is 2.97. The van der Waals surface area contributed by atoms with E-state index in [4.69, 9.17) is 16.3 Å². The van der Waals surface area contributed by atoms with E-state index in [1.165, 1.54) is 16.4 Å². The molecule has 0 aliphatic carbocycles. The molecule has 144 valence electrons. The number of anilines is 1. The van der Waals surface area contributed by atoms with Crippen molar-refractivity contribution in [3.8, 4) is 0 Å². The van der Waals surface area contributed by atoms with E-state index in [1.54, 1.807) is 19.9 Å². The van der Waals surface area contributed by atoms with Crippen molar-refractivity contribution in [1.82, 2.24) is 4.31 Å². The van der Waals surface area contributed by atoms with Crippen LogP contribution in [0, 0.1) is 5.92 Å². The number of piperidine rings is 1. The van der Waals surface area contributed by atoms with Crippen molar-refractivity contribution in [2.75, 3.05) is 30.8 Å². The molecular formula is C17H23ClN2O5S. The number of esters is 1. The Labute approximate surface area is 158 Å². The molecule has 0 aromatic heterocycles. The number of benzene rings is 1. The number of nitrogens with one attached hydrogen (secondary N) is 1. The van der Waals surface area contributed by atoms with Gasteiger partial charge in [-0.3, -0.25) is 4.79 Å². The third kappa shape index (κ3) is 4.96. The lowest BCUT2D eigenvalue weighted by Gasteiger charge is -2.30. The van der Waals surface area contributed by atoms with Crippen molar-refractivity contribution in [2.45, 2.75) is 26.7 Å². The van der Waals surface area contributed by atoms with Crippen LogP contribution in [0.4, 0.5) is 5.69 Å². The third-order valence-electron chi connectivity index (χ3n) is 4.24. The lowest BCUT2D eigenvalue weighted by Crippen LogP contribution is -2.44. The Morgan fingerprint density at radius 1 is 1.35 bits per heavy atom. The van der Waals surface area contributed by atoms with E-state index in [0.717, 1.165) is 0 Å². The third-order valence-corrected chi connectivity index (χ3v) is 6.42. The van der Waals surface area contributed by atoms with Gasteiger partial charge in [-0.2, -0.15) is 0 Å². The fourth-order valence-corrected chi connectivity index (χ4v) is 4.18. The van der Waals surface area contributed by atoms with E-state index >= 15 is 0 Å². The van der Waals surface area contributed by atoms with E-state index in [9.17, 15) is 18.0 Å². The second kappa shape index (κ2) is 8.83. The van der Waals surface area contributed by atoms with Crippen LogP contribution in [0.1, 0.15) is 37.0 Å². The van der Waals surface area contributed by atoms with Gasteiger partial charge in [0.2, 0.25) is 15.9 Å². The van der Waals surface area contributed by atoms with Crippen LogP contribution in [-0.2, 0) is 19.6 Å². The monoisotopic (exact) mass is 402 g/mol. The second-order valence-electron chi connectivity index (χ2n) is 6.00. The summed E-state index contributed by atoms with van der Waals surface area (Å²) in [6.45, 7) is 4.10. The molecule has 7 nitrogen and oxygen atoms in total. The number of rotatable bonds is 6. The largest absolute Gasteiger partial charge is 0.462 e. The molecule has 26 heavy (non-hydrogen) atoms. The molecule has 1 aromatic carbocycles. The summed E-state index contributed by atoms with van der Waals surface area (Å²) in [7, 11) is -3.32. The van der Waals surface area contributed by atoms with Crippen molar-refractivity contribution in [1.29, 1.82) is 0 Å². The van der Waals surface area contributed by atoms with Gasteiger partial charge in [0.15, 0.2) is 0 Å². The number of carbonyl (C=O) groups excluding carboxylic acids is 2. The van der Waals surface area contributed by atoms with Crippen molar-refractivity contribution < 1.29 is 22.7 Å². The molecule has 1 heterocycles. The van der Waals surface area contributed by atoms with Gasteiger partial charge in [-0.15, -0.1) is 0 Å². The number of carbonyl (C=O) groups is 2. The molecule has 1 aliphatic rings. The molecule has 1 saturated heterocycles. The topological polar surface area (TPSA) is 92.8 Å². The zero-order valence-corrected chi connectivity index (χ0v) is 16.4. The van der Waals surface area contributed by atoms with Crippen molar-refractivity contribution in [3.63, 3.8) is 0 Å². The number of hydrogen-bond acceptors (Lipinski definition) is 5. The maximum absolute atomic E-state index is 12.5. The van der Waals surface area contributed by atoms with Crippen LogP contribution >= 0.6 is 11.6 Å². The molecule has 1 atom stereocenters. The Bertz CT molecular complexity index is 781. The van der Waals surface area contributed by atoms with E-state index in [2.05, 4.69) is 5.32 Å². The Hall–Kier alpha value is -1.64. The first-order valence-electron chi connectivity index (χ1n) is 8.53. The summed E-state index contributed by atoms with van der Waals surface area (Å²) in [6, 6.07) is 4.56. The molecule has 0 bridgehead atoms. The van der Waals surface area contributed by atoms with Gasteiger partial charge < -0.3 is 10.1 Å². The summed E-state index contributed by atoms with van der Waals surface area (Å²) in [4.78, 5) is 24.4. The molecule has 2 rings (SSSR count). The molecule has 1 aromatic rings. The molecular weight excluding hydrogens is 380 g/mol. The first-order valence-corrected chi connectivity index (χ1v) is 10.5. The van der Waals surface area contributed by atoms with E-state index in [-0.39, 0.29) is 35.4 Å². The van der Waals surface area contributed by atoms with Crippen LogP contribution in [0.15, 0.2) is 18.2 Å². The minimum absolute atomic E-state index is 0.0153. The van der Waals surface area contributed by atoms with Crippen molar-refractivity contribution in [2.24, 2.45) is 5.92 Å². The van der Waals surface area contributed by atoms with Crippen LogP contribution < -0.4 is 5.32 Å². The summed E-state index contributed by atoms with van der Waals surface area (Å²) in [6.07, 6.45) is 1.24. The van der Waals surface area contributed by atoms with Gasteiger partial charge in [-0.05, 0) is 44.9 Å². The minimum atomic E-state index is -3.32. The van der Waals surface area contributed by atoms with Gasteiger partial charge in [-0.25, -0.2) is 17.5 Å². The number of halogens is 1. The lowest BCUT2D eigenvalue weighted by molar-refractivity contribution is -0.120. The van der Waals surface area contributed by atoms with Crippen LogP contribution in [0.5, 0.6) is 0 Å². The number of sulfonamides is 1. The highest BCUT2D eigenvalue weighted by atomic mass is 35.5. The molecule has 1 fully saturated rings. The van der Waals surface area contributed by atoms with Crippen molar-refractivity contribution >= 4 is 39.2 Å². The second-order valence-corrected chi connectivity index (χ2v) is 8.67. The van der Waals surface area contributed by atoms with Crippen LogP contribution in [-0.4, -0.2) is 50.0 Å². The Morgan fingerprint density at radius 2 is 2.08 bits per heavy atom. The lowest BCUT2D eigenvalue weighted by atomic mass is 9.98. The molecule has 1 N–H and O–H groups in total. The highest BCUT2D eigenvalue weighted by molar-refractivity contribution is 7.89. The maximum Gasteiger partial charge on any atom is 0.339 e. The van der Waals surface area contributed by atoms with Gasteiger partial charge in [0, 0.05) is 18.8 Å². The number of nitrogens with zero attached hydrogens (tertiary/aromatic N) is 1. The van der Waals surface area contributed by atoms with Crippen molar-refractivity contribution in [3.05, 3.63) is 28.8 Å². The van der Waals surface area contributed by atoms with Gasteiger partial charge in [0.05, 0.1) is 28.9 Å². The molecule has 1 amide bonds. The first kappa shape index (κ1) is 20.7. The molecule has 9 heteroatoms. The van der Waals surface area contributed by atoms with Gasteiger partial charge >= 0.3 is 5.97 Å². The summed E-state index contributed by atoms with van der Waals surface area (Å²) in [5.74, 6) is -1.27. The predicted octanol–water partition coefficient (Wildman–Crippen LogP) is 2.52. The zero-order valence-electron chi connectivity index (χ0n) is 14.8.